The summed E-state index contributed by atoms with van der Waals surface area (Å²) in [5, 5.41) is 0. The van der Waals surface area contributed by atoms with Crippen molar-refractivity contribution in [3.63, 3.8) is 0 Å². The van der Waals surface area contributed by atoms with E-state index in [1.807, 2.05) is 0 Å². The third-order valence-electron chi connectivity index (χ3n) is 5.14. The number of ether oxygens (including phenoxy) is 7. The first-order valence-corrected chi connectivity index (χ1v) is 13.4. The molecule has 0 amide bonds. The Kier molecular flexibility index (Phi) is 16.0. The van der Waals surface area contributed by atoms with E-state index in [4.69, 9.17) is 33.2 Å². The molecule has 0 saturated carbocycles. The minimum absolute atomic E-state index is 0.0220. The van der Waals surface area contributed by atoms with Gasteiger partial charge in [0.2, 0.25) is 0 Å². The Bertz CT molecular complexity index is 1330. The lowest BCUT2D eigenvalue weighted by Crippen LogP contribution is -2.11. The van der Waals surface area contributed by atoms with Crippen LogP contribution >= 0.6 is 0 Å². The number of benzene rings is 2. The molecule has 45 heavy (non-hydrogen) atoms. The number of carbonyl (C=O) groups is 7. The molecule has 0 saturated heterocycles. The van der Waals surface area contributed by atoms with Gasteiger partial charge in [-0.25, -0.2) is 0 Å². The molecule has 14 heteroatoms. The highest BCUT2D eigenvalue weighted by Gasteiger charge is 2.18. The molecule has 0 spiro atoms. The molecule has 14 nitrogen and oxygen atoms in total. The zero-order valence-electron chi connectivity index (χ0n) is 26.1. The van der Waals surface area contributed by atoms with E-state index < -0.39 is 41.8 Å². The molecular weight excluding hydrogens is 596 g/mol. The third kappa shape index (κ3) is 15.7. The molecule has 0 heterocycles. The first kappa shape index (κ1) is 37.8. The fraction of sp³-hybridized carbons (Fsp3) is 0.387. The molecule has 0 aliphatic rings. The van der Waals surface area contributed by atoms with Crippen LogP contribution in [0.1, 0.15) is 76.3 Å². The van der Waals surface area contributed by atoms with Gasteiger partial charge in [-0.1, -0.05) is 18.2 Å². The maximum atomic E-state index is 11.4. The van der Waals surface area contributed by atoms with Gasteiger partial charge < -0.3 is 33.2 Å². The molecule has 0 aliphatic heterocycles. The summed E-state index contributed by atoms with van der Waals surface area (Å²) in [5.74, 6) is -3.07. The second kappa shape index (κ2) is 19.1. The molecule has 2 rings (SSSR count). The lowest BCUT2D eigenvalue weighted by atomic mass is 10.0. The quantitative estimate of drug-likeness (QED) is 0.188. The monoisotopic (exact) mass is 632 g/mol. The summed E-state index contributed by atoms with van der Waals surface area (Å²) in [6, 6.07) is 8.20. The number of hydrogen-bond acceptors (Lipinski definition) is 14. The van der Waals surface area contributed by atoms with Crippen LogP contribution in [0.25, 0.3) is 0 Å². The molecule has 0 unspecified atom stereocenters. The Labute approximate surface area is 259 Å². The van der Waals surface area contributed by atoms with E-state index in [-0.39, 0.29) is 44.5 Å². The third-order valence-corrected chi connectivity index (χ3v) is 5.14. The van der Waals surface area contributed by atoms with E-state index in [9.17, 15) is 33.6 Å². The Morgan fingerprint density at radius 3 is 1.02 bits per heavy atom. The van der Waals surface area contributed by atoms with Crippen LogP contribution in [0.3, 0.4) is 0 Å². The summed E-state index contributed by atoms with van der Waals surface area (Å²) in [6.45, 7) is 8.43. The van der Waals surface area contributed by atoms with Crippen molar-refractivity contribution < 1.29 is 66.7 Å². The van der Waals surface area contributed by atoms with Crippen molar-refractivity contribution >= 4 is 41.8 Å². The number of para-hydroxylation sites is 1. The number of esters is 7. The van der Waals surface area contributed by atoms with Gasteiger partial charge in [0.05, 0.1) is 0 Å². The predicted molar refractivity (Wildman–Crippen MR) is 153 cm³/mol. The Morgan fingerprint density at radius 2 is 0.711 bits per heavy atom. The van der Waals surface area contributed by atoms with Crippen LogP contribution in [0.15, 0.2) is 30.3 Å². The van der Waals surface area contributed by atoms with Gasteiger partial charge in [0.1, 0.15) is 44.5 Å². The predicted octanol–water partition coefficient (Wildman–Crippen LogP) is 3.54. The smallest absolute Gasteiger partial charge is 0.308 e. The Morgan fingerprint density at radius 1 is 0.422 bits per heavy atom. The van der Waals surface area contributed by atoms with E-state index >= 15 is 0 Å². The van der Waals surface area contributed by atoms with Gasteiger partial charge in [-0.2, -0.15) is 0 Å². The van der Waals surface area contributed by atoms with Gasteiger partial charge in [-0.05, 0) is 17.7 Å². The van der Waals surface area contributed by atoms with Crippen LogP contribution in [0.5, 0.6) is 11.5 Å². The van der Waals surface area contributed by atoms with Gasteiger partial charge in [0.25, 0.3) is 0 Å². The zero-order chi connectivity index (χ0) is 34.1. The standard InChI is InChI=1S/C17H20O8.C14H16O6/c1-10(18)22-7-14-5-15(8-23-11(2)19)17(25-13(4)21)16(6-14)9-24-12(3)20;1-9(15)18-7-12-5-4-6-13(8-19-10(2)16)14(12)20-11(3)17/h5-6H,7-9H2,1-4H3;4-6H,7-8H2,1-3H3. The molecule has 0 atom stereocenters. The first-order chi connectivity index (χ1) is 21.1. The van der Waals surface area contributed by atoms with Crippen LogP contribution < -0.4 is 9.47 Å². The van der Waals surface area contributed by atoms with Gasteiger partial charge in [0.15, 0.2) is 0 Å². The SMILES string of the molecule is CC(=O)OCc1cc(COC(C)=O)c(OC(C)=O)c(COC(C)=O)c1.CC(=O)OCc1cccc(COC(C)=O)c1OC(C)=O. The molecule has 244 valence electrons. The van der Waals surface area contributed by atoms with Gasteiger partial charge in [-0.15, -0.1) is 0 Å². The average Bonchev–Trinajstić information content (AvgIpc) is 2.93. The van der Waals surface area contributed by atoms with Crippen molar-refractivity contribution in [2.75, 3.05) is 0 Å². The number of carbonyl (C=O) groups excluding carboxylic acids is 7. The largest absolute Gasteiger partial charge is 0.461 e. The second-order valence-corrected chi connectivity index (χ2v) is 9.24. The summed E-state index contributed by atoms with van der Waals surface area (Å²) in [4.78, 5) is 77.4. The van der Waals surface area contributed by atoms with Crippen LogP contribution in [-0.4, -0.2) is 41.8 Å². The van der Waals surface area contributed by atoms with Gasteiger partial charge in [0, 0.05) is 70.7 Å². The van der Waals surface area contributed by atoms with E-state index in [1.54, 1.807) is 30.3 Å². The zero-order valence-corrected chi connectivity index (χ0v) is 26.1. The highest BCUT2D eigenvalue weighted by Crippen LogP contribution is 2.29. The number of rotatable bonds is 12. The maximum Gasteiger partial charge on any atom is 0.308 e. The average molecular weight is 633 g/mol. The molecule has 2 aromatic carbocycles. The highest BCUT2D eigenvalue weighted by atomic mass is 16.6. The second-order valence-electron chi connectivity index (χ2n) is 9.24. The van der Waals surface area contributed by atoms with Crippen LogP contribution in [0.4, 0.5) is 0 Å². The molecule has 0 bridgehead atoms. The fourth-order valence-electron chi connectivity index (χ4n) is 3.44. The van der Waals surface area contributed by atoms with Gasteiger partial charge >= 0.3 is 41.8 Å². The summed E-state index contributed by atoms with van der Waals surface area (Å²) in [7, 11) is 0. The Balaban J connectivity index is 0.000000461. The van der Waals surface area contributed by atoms with Crippen molar-refractivity contribution in [2.45, 2.75) is 81.5 Å². The van der Waals surface area contributed by atoms with E-state index in [2.05, 4.69) is 0 Å². The Hall–Kier alpha value is -5.27. The van der Waals surface area contributed by atoms with Crippen molar-refractivity contribution in [3.05, 3.63) is 58.1 Å². The molecule has 0 aliphatic carbocycles. The summed E-state index contributed by atoms with van der Waals surface area (Å²) >= 11 is 0. The highest BCUT2D eigenvalue weighted by molar-refractivity contribution is 5.72. The normalized spacial score (nSPS) is 9.84. The van der Waals surface area contributed by atoms with E-state index in [1.165, 1.54) is 48.5 Å². The minimum Gasteiger partial charge on any atom is -0.461 e. The van der Waals surface area contributed by atoms with Crippen molar-refractivity contribution in [1.82, 2.24) is 0 Å². The molecule has 2 aromatic rings. The molecule has 0 N–H and O–H groups in total. The first-order valence-electron chi connectivity index (χ1n) is 13.4. The van der Waals surface area contributed by atoms with E-state index in [0.29, 0.717) is 27.8 Å². The summed E-state index contributed by atoms with van der Waals surface area (Å²) < 4.78 is 35.0. The minimum atomic E-state index is -0.583. The lowest BCUT2D eigenvalue weighted by Gasteiger charge is -2.16. The molecular formula is C31H36O14. The summed E-state index contributed by atoms with van der Waals surface area (Å²) in [6.07, 6.45) is 0. The molecule has 0 radical (unpaired) electrons. The van der Waals surface area contributed by atoms with Crippen LogP contribution in [-0.2, 0) is 90.3 Å². The van der Waals surface area contributed by atoms with E-state index in [0.717, 1.165) is 0 Å². The van der Waals surface area contributed by atoms with Crippen LogP contribution in [0.2, 0.25) is 0 Å². The topological polar surface area (TPSA) is 184 Å². The summed E-state index contributed by atoms with van der Waals surface area (Å²) in [5.41, 5.74) is 2.39. The van der Waals surface area contributed by atoms with Gasteiger partial charge in [-0.3, -0.25) is 33.6 Å². The lowest BCUT2D eigenvalue weighted by molar-refractivity contribution is -0.143. The van der Waals surface area contributed by atoms with Crippen LogP contribution in [0, 0.1) is 0 Å². The maximum absolute atomic E-state index is 11.4. The van der Waals surface area contributed by atoms with Crippen molar-refractivity contribution in [1.29, 1.82) is 0 Å². The molecule has 0 fully saturated rings. The molecule has 0 aromatic heterocycles. The van der Waals surface area contributed by atoms with Crippen molar-refractivity contribution in [2.24, 2.45) is 0 Å². The van der Waals surface area contributed by atoms with Crippen molar-refractivity contribution in [3.8, 4) is 11.5 Å². The fourth-order valence-corrected chi connectivity index (χ4v) is 3.44. The number of hydrogen-bond donors (Lipinski definition) is 0.